The second-order valence-corrected chi connectivity index (χ2v) is 8.51. The van der Waals surface area contributed by atoms with Crippen LogP contribution in [0.15, 0.2) is 30.9 Å². The van der Waals surface area contributed by atoms with Crippen molar-refractivity contribution in [3.63, 3.8) is 0 Å². The third-order valence-electron chi connectivity index (χ3n) is 4.55. The van der Waals surface area contributed by atoms with Gasteiger partial charge in [0.15, 0.2) is 0 Å². The second kappa shape index (κ2) is 7.37. The van der Waals surface area contributed by atoms with Gasteiger partial charge >= 0.3 is 0 Å². The minimum absolute atomic E-state index is 0.175. The molecule has 2 heterocycles. The molecule has 1 aromatic heterocycles. The Morgan fingerprint density at radius 3 is 2.58 bits per heavy atom. The molecule has 1 saturated heterocycles. The highest BCUT2D eigenvalue weighted by molar-refractivity contribution is 7.89. The fourth-order valence-electron chi connectivity index (χ4n) is 3.14. The first-order valence-corrected chi connectivity index (χ1v) is 9.89. The van der Waals surface area contributed by atoms with E-state index >= 15 is 0 Å². The van der Waals surface area contributed by atoms with E-state index in [0.717, 1.165) is 25.0 Å². The molecule has 26 heavy (non-hydrogen) atoms. The van der Waals surface area contributed by atoms with E-state index in [4.69, 9.17) is 0 Å². The summed E-state index contributed by atoms with van der Waals surface area (Å²) in [7, 11) is -3.57. The quantitative estimate of drug-likeness (QED) is 0.774. The van der Waals surface area contributed by atoms with Gasteiger partial charge in [-0.3, -0.25) is 0 Å². The monoisotopic (exact) mass is 386 g/mol. The van der Waals surface area contributed by atoms with Gasteiger partial charge in [0.1, 0.15) is 29.9 Å². The number of aliphatic hydroxyl groups is 1. The molecule has 0 radical (unpaired) electrons. The molecule has 1 aliphatic rings. The minimum Gasteiger partial charge on any atom is -0.383 e. The first-order valence-electron chi connectivity index (χ1n) is 8.28. The van der Waals surface area contributed by atoms with Crippen molar-refractivity contribution >= 4 is 10.0 Å². The van der Waals surface area contributed by atoms with Crippen molar-refractivity contribution in [2.24, 2.45) is 0 Å². The van der Waals surface area contributed by atoms with Gasteiger partial charge in [0.05, 0.1) is 12.3 Å². The maximum atomic E-state index is 14.3. The summed E-state index contributed by atoms with van der Waals surface area (Å²) in [6.07, 6.45) is 3.93. The maximum Gasteiger partial charge on any atom is 0.214 e. The standard InChI is InChI=1S/C16H20F2N4O3S/c17-13-3-4-14(15(18)9-13)16(23,10-21-12-19-11-20-21)5-8-26(24,25)22-6-1-2-7-22/h3-4,9,11-12,23H,1-2,5-8,10H2. The van der Waals surface area contributed by atoms with Crippen molar-refractivity contribution in [2.45, 2.75) is 31.4 Å². The lowest BCUT2D eigenvalue weighted by molar-refractivity contribution is 0.00811. The lowest BCUT2D eigenvalue weighted by atomic mass is 9.90. The molecule has 1 fully saturated rings. The molecule has 1 atom stereocenters. The Bertz CT molecular complexity index is 854. The predicted molar refractivity (Wildman–Crippen MR) is 89.5 cm³/mol. The lowest BCUT2D eigenvalue weighted by Gasteiger charge is -2.29. The molecule has 0 aliphatic carbocycles. The van der Waals surface area contributed by atoms with Gasteiger partial charge in [-0.1, -0.05) is 6.07 Å². The van der Waals surface area contributed by atoms with E-state index < -0.39 is 27.3 Å². The van der Waals surface area contributed by atoms with Crippen molar-refractivity contribution < 1.29 is 22.3 Å². The third-order valence-corrected chi connectivity index (χ3v) is 6.43. The zero-order valence-corrected chi connectivity index (χ0v) is 14.9. The molecule has 1 aliphatic heterocycles. The normalized spacial score (nSPS) is 18.1. The number of aromatic nitrogens is 3. The number of benzene rings is 1. The highest BCUT2D eigenvalue weighted by atomic mass is 32.2. The average molecular weight is 386 g/mol. The predicted octanol–water partition coefficient (Wildman–Crippen LogP) is 1.26. The van der Waals surface area contributed by atoms with Gasteiger partial charge in [-0.15, -0.1) is 0 Å². The SMILES string of the molecule is O=S(=O)(CCC(O)(Cn1cncn1)c1ccc(F)cc1F)N1CCCC1. The Hall–Kier alpha value is -1.91. The summed E-state index contributed by atoms with van der Waals surface area (Å²) in [4.78, 5) is 3.77. The van der Waals surface area contributed by atoms with E-state index in [-0.39, 0.29) is 24.3 Å². The van der Waals surface area contributed by atoms with Crippen LogP contribution in [0.25, 0.3) is 0 Å². The highest BCUT2D eigenvalue weighted by Gasteiger charge is 2.36. The summed E-state index contributed by atoms with van der Waals surface area (Å²) in [6.45, 7) is 0.703. The fourth-order valence-corrected chi connectivity index (χ4v) is 4.81. The number of halogens is 2. The molecule has 0 bridgehead atoms. The first-order chi connectivity index (χ1) is 12.3. The zero-order valence-electron chi connectivity index (χ0n) is 14.1. The first kappa shape index (κ1) is 18.9. The van der Waals surface area contributed by atoms with E-state index in [2.05, 4.69) is 10.1 Å². The van der Waals surface area contributed by atoms with Gasteiger partial charge in [-0.2, -0.15) is 5.10 Å². The molecule has 0 amide bonds. The third kappa shape index (κ3) is 4.08. The van der Waals surface area contributed by atoms with Crippen molar-refractivity contribution in [3.8, 4) is 0 Å². The summed E-state index contributed by atoms with van der Waals surface area (Å²) in [5.74, 6) is -2.07. The largest absolute Gasteiger partial charge is 0.383 e. The Morgan fingerprint density at radius 2 is 1.96 bits per heavy atom. The van der Waals surface area contributed by atoms with Crippen LogP contribution in [0.5, 0.6) is 0 Å². The molecule has 3 rings (SSSR count). The number of nitrogens with zero attached hydrogens (tertiary/aromatic N) is 4. The van der Waals surface area contributed by atoms with E-state index in [0.29, 0.717) is 19.2 Å². The van der Waals surface area contributed by atoms with Crippen molar-refractivity contribution in [1.29, 1.82) is 0 Å². The van der Waals surface area contributed by atoms with Crippen LogP contribution in [0, 0.1) is 11.6 Å². The van der Waals surface area contributed by atoms with Crippen LogP contribution in [0.3, 0.4) is 0 Å². The molecule has 0 saturated carbocycles. The van der Waals surface area contributed by atoms with E-state index in [9.17, 15) is 22.3 Å². The summed E-state index contributed by atoms with van der Waals surface area (Å²) in [5.41, 5.74) is -2.05. The van der Waals surface area contributed by atoms with Crippen LogP contribution >= 0.6 is 0 Å². The lowest BCUT2D eigenvalue weighted by Crippen LogP contribution is -2.38. The molecule has 0 spiro atoms. The van der Waals surface area contributed by atoms with Gasteiger partial charge < -0.3 is 5.11 Å². The van der Waals surface area contributed by atoms with Gasteiger partial charge in [-0.05, 0) is 25.3 Å². The van der Waals surface area contributed by atoms with Crippen LogP contribution in [-0.2, 0) is 22.2 Å². The molecule has 142 valence electrons. The molecular formula is C16H20F2N4O3S. The number of rotatable bonds is 7. The maximum absolute atomic E-state index is 14.3. The second-order valence-electron chi connectivity index (χ2n) is 6.42. The Balaban J connectivity index is 1.87. The summed E-state index contributed by atoms with van der Waals surface area (Å²) in [5, 5.41) is 15.0. The molecule has 1 aromatic carbocycles. The molecule has 7 nitrogen and oxygen atoms in total. The van der Waals surface area contributed by atoms with Crippen LogP contribution in [-0.4, -0.2) is 51.4 Å². The average Bonchev–Trinajstić information content (AvgIpc) is 3.27. The summed E-state index contributed by atoms with van der Waals surface area (Å²) >= 11 is 0. The van der Waals surface area contributed by atoms with Crippen molar-refractivity contribution in [1.82, 2.24) is 19.1 Å². The number of sulfonamides is 1. The topological polar surface area (TPSA) is 88.3 Å². The van der Waals surface area contributed by atoms with E-state index in [1.54, 1.807) is 0 Å². The zero-order chi connectivity index (χ0) is 18.8. The Kier molecular flexibility index (Phi) is 5.35. The Morgan fingerprint density at radius 1 is 1.23 bits per heavy atom. The molecule has 1 N–H and O–H groups in total. The number of hydrogen-bond acceptors (Lipinski definition) is 5. The van der Waals surface area contributed by atoms with Crippen molar-refractivity contribution in [2.75, 3.05) is 18.8 Å². The Labute approximate surface area is 150 Å². The van der Waals surface area contributed by atoms with E-state index in [1.165, 1.54) is 21.6 Å². The van der Waals surface area contributed by atoms with Crippen LogP contribution in [0.1, 0.15) is 24.8 Å². The molecule has 10 heteroatoms. The molecular weight excluding hydrogens is 366 g/mol. The van der Waals surface area contributed by atoms with Crippen LogP contribution in [0.4, 0.5) is 8.78 Å². The smallest absolute Gasteiger partial charge is 0.214 e. The van der Waals surface area contributed by atoms with Gasteiger partial charge in [0, 0.05) is 24.7 Å². The van der Waals surface area contributed by atoms with Crippen molar-refractivity contribution in [3.05, 3.63) is 48.1 Å². The molecule has 2 aromatic rings. The summed E-state index contributed by atoms with van der Waals surface area (Å²) < 4.78 is 55.1. The minimum atomic E-state index is -3.57. The number of hydrogen-bond donors (Lipinski definition) is 1. The van der Waals surface area contributed by atoms with E-state index in [1.807, 2.05) is 0 Å². The van der Waals surface area contributed by atoms with Gasteiger partial charge in [-0.25, -0.2) is 31.2 Å². The van der Waals surface area contributed by atoms with Gasteiger partial charge in [0.25, 0.3) is 0 Å². The van der Waals surface area contributed by atoms with Gasteiger partial charge in [0.2, 0.25) is 10.0 Å². The van der Waals surface area contributed by atoms with Crippen LogP contribution < -0.4 is 0 Å². The fraction of sp³-hybridized carbons (Fsp3) is 0.500. The van der Waals surface area contributed by atoms with Crippen LogP contribution in [0.2, 0.25) is 0 Å². The summed E-state index contributed by atoms with van der Waals surface area (Å²) in [6, 6.07) is 2.82. The highest BCUT2D eigenvalue weighted by Crippen LogP contribution is 2.31. The molecule has 1 unspecified atom stereocenters.